The number of benzene rings is 1. The lowest BCUT2D eigenvalue weighted by Gasteiger charge is -2.32. The van der Waals surface area contributed by atoms with Gasteiger partial charge in [0, 0.05) is 32.0 Å². The molecular weight excluding hydrogens is 304 g/mol. The lowest BCUT2D eigenvalue weighted by molar-refractivity contribution is -0.132. The van der Waals surface area contributed by atoms with E-state index in [2.05, 4.69) is 5.32 Å². The number of carbonyl (C=O) groups excluding carboxylic acids is 2. The summed E-state index contributed by atoms with van der Waals surface area (Å²) in [6.07, 6.45) is 3.42. The highest BCUT2D eigenvalue weighted by Gasteiger charge is 2.22. The maximum absolute atomic E-state index is 12.0. The number of nitrogens with one attached hydrogen (secondary N) is 1. The van der Waals surface area contributed by atoms with Gasteiger partial charge in [-0.05, 0) is 37.8 Å². The third kappa shape index (κ3) is 5.55. The molecule has 0 atom stereocenters. The van der Waals surface area contributed by atoms with Gasteiger partial charge < -0.3 is 15.0 Å². The van der Waals surface area contributed by atoms with Gasteiger partial charge in [-0.15, -0.1) is 0 Å². The summed E-state index contributed by atoms with van der Waals surface area (Å²) in [6, 6.07) is 8.08. The molecule has 1 aromatic carbocycles. The fourth-order valence-electron chi connectivity index (χ4n) is 2.93. The van der Waals surface area contributed by atoms with Crippen molar-refractivity contribution < 1.29 is 14.3 Å². The quantitative estimate of drug-likeness (QED) is 0.781. The Balaban J connectivity index is 1.60. The van der Waals surface area contributed by atoms with Crippen molar-refractivity contribution in [2.45, 2.75) is 52.0 Å². The van der Waals surface area contributed by atoms with E-state index in [-0.39, 0.29) is 17.9 Å². The number of aryl methyl sites for hydroxylation is 1. The van der Waals surface area contributed by atoms with E-state index < -0.39 is 0 Å². The van der Waals surface area contributed by atoms with Gasteiger partial charge >= 0.3 is 0 Å². The van der Waals surface area contributed by atoms with E-state index in [1.54, 1.807) is 0 Å². The van der Waals surface area contributed by atoms with Crippen LogP contribution >= 0.6 is 0 Å². The fraction of sp³-hybridized carbons (Fsp3) is 0.579. The molecule has 1 aromatic rings. The third-order valence-corrected chi connectivity index (χ3v) is 4.41. The van der Waals surface area contributed by atoms with Crippen LogP contribution in [0, 0.1) is 6.92 Å². The molecule has 2 amide bonds. The molecule has 5 nitrogen and oxygen atoms in total. The number of nitrogens with zero attached hydrogens (tertiary/aromatic N) is 1. The van der Waals surface area contributed by atoms with E-state index in [1.807, 2.05) is 43.0 Å². The lowest BCUT2D eigenvalue weighted by Crippen LogP contribution is -2.46. The number of piperidine rings is 1. The van der Waals surface area contributed by atoms with Crippen LogP contribution in [0.5, 0.6) is 5.75 Å². The van der Waals surface area contributed by atoms with E-state index in [0.29, 0.717) is 25.9 Å². The summed E-state index contributed by atoms with van der Waals surface area (Å²) in [6.45, 7) is 5.93. The summed E-state index contributed by atoms with van der Waals surface area (Å²) in [5, 5.41) is 3.07. The van der Waals surface area contributed by atoms with Crippen molar-refractivity contribution >= 4 is 11.8 Å². The van der Waals surface area contributed by atoms with Gasteiger partial charge in [0.1, 0.15) is 5.75 Å². The molecule has 24 heavy (non-hydrogen) atoms. The first kappa shape index (κ1) is 18.3. The monoisotopic (exact) mass is 332 g/mol. The molecular formula is C19H28N2O3. The van der Waals surface area contributed by atoms with E-state index >= 15 is 0 Å². The topological polar surface area (TPSA) is 58.6 Å². The van der Waals surface area contributed by atoms with Crippen molar-refractivity contribution in [1.82, 2.24) is 10.2 Å². The van der Waals surface area contributed by atoms with E-state index in [4.69, 9.17) is 4.74 Å². The summed E-state index contributed by atoms with van der Waals surface area (Å²) in [5.41, 5.74) is 1.11. The first-order valence-electron chi connectivity index (χ1n) is 8.85. The van der Waals surface area contributed by atoms with Gasteiger partial charge in [-0.3, -0.25) is 9.59 Å². The van der Waals surface area contributed by atoms with E-state index in [0.717, 1.165) is 37.2 Å². The number of carbonyl (C=O) groups is 2. The SMILES string of the molecule is CCC(=O)N1CCC(NC(=O)CCCOc2ccccc2C)CC1. The Morgan fingerprint density at radius 3 is 2.62 bits per heavy atom. The maximum Gasteiger partial charge on any atom is 0.222 e. The number of amides is 2. The minimum Gasteiger partial charge on any atom is -0.493 e. The molecule has 0 spiro atoms. The molecule has 2 rings (SSSR count). The summed E-state index contributed by atoms with van der Waals surface area (Å²) in [4.78, 5) is 25.5. The number of hydrogen-bond acceptors (Lipinski definition) is 3. The molecule has 0 bridgehead atoms. The van der Waals surface area contributed by atoms with Crippen LogP contribution in [-0.4, -0.2) is 42.5 Å². The molecule has 5 heteroatoms. The molecule has 0 aliphatic carbocycles. The van der Waals surface area contributed by atoms with Crippen molar-refractivity contribution in [2.24, 2.45) is 0 Å². The summed E-state index contributed by atoms with van der Waals surface area (Å²) in [5.74, 6) is 1.16. The molecule has 1 fully saturated rings. The molecule has 0 saturated carbocycles. The van der Waals surface area contributed by atoms with Gasteiger partial charge in [-0.1, -0.05) is 25.1 Å². The fourth-order valence-corrected chi connectivity index (χ4v) is 2.93. The van der Waals surface area contributed by atoms with Crippen LogP contribution in [0.2, 0.25) is 0 Å². The van der Waals surface area contributed by atoms with Crippen molar-refractivity contribution in [3.63, 3.8) is 0 Å². The molecule has 1 aliphatic heterocycles. The first-order chi connectivity index (χ1) is 11.6. The maximum atomic E-state index is 12.0. The third-order valence-electron chi connectivity index (χ3n) is 4.41. The number of rotatable bonds is 7. The second-order valence-electron chi connectivity index (χ2n) is 6.29. The predicted molar refractivity (Wildman–Crippen MR) is 93.9 cm³/mol. The molecule has 1 aliphatic rings. The zero-order chi connectivity index (χ0) is 17.4. The van der Waals surface area contributed by atoms with Gasteiger partial charge in [-0.25, -0.2) is 0 Å². The molecule has 1 heterocycles. The number of ether oxygens (including phenoxy) is 1. The minimum absolute atomic E-state index is 0.0728. The number of para-hydroxylation sites is 1. The van der Waals surface area contributed by atoms with E-state index in [1.165, 1.54) is 0 Å². The molecule has 1 saturated heterocycles. The average molecular weight is 332 g/mol. The van der Waals surface area contributed by atoms with Crippen LogP contribution in [0.4, 0.5) is 0 Å². The van der Waals surface area contributed by atoms with Crippen LogP contribution < -0.4 is 10.1 Å². The number of likely N-dealkylation sites (tertiary alicyclic amines) is 1. The second-order valence-corrected chi connectivity index (χ2v) is 6.29. The Bertz CT molecular complexity index is 551. The van der Waals surface area contributed by atoms with Crippen LogP contribution in [0.25, 0.3) is 0 Å². The number of hydrogen-bond donors (Lipinski definition) is 1. The second kappa shape index (κ2) is 9.30. The Labute approximate surface area is 144 Å². The van der Waals surface area contributed by atoms with Crippen LogP contribution in [0.15, 0.2) is 24.3 Å². The highest BCUT2D eigenvalue weighted by Crippen LogP contribution is 2.16. The summed E-state index contributed by atoms with van der Waals surface area (Å²) in [7, 11) is 0. The van der Waals surface area contributed by atoms with E-state index in [9.17, 15) is 9.59 Å². The van der Waals surface area contributed by atoms with Gasteiger partial charge in [0.2, 0.25) is 11.8 Å². The van der Waals surface area contributed by atoms with Crippen LogP contribution in [0.1, 0.15) is 44.6 Å². The highest BCUT2D eigenvalue weighted by atomic mass is 16.5. The van der Waals surface area contributed by atoms with Crippen molar-refractivity contribution in [3.05, 3.63) is 29.8 Å². The molecule has 0 aromatic heterocycles. The van der Waals surface area contributed by atoms with Crippen molar-refractivity contribution in [2.75, 3.05) is 19.7 Å². The van der Waals surface area contributed by atoms with Crippen molar-refractivity contribution in [3.8, 4) is 5.75 Å². The largest absolute Gasteiger partial charge is 0.493 e. The van der Waals surface area contributed by atoms with Gasteiger partial charge in [0.25, 0.3) is 0 Å². The zero-order valence-corrected chi connectivity index (χ0v) is 14.7. The van der Waals surface area contributed by atoms with Gasteiger partial charge in [0.05, 0.1) is 6.61 Å². The highest BCUT2D eigenvalue weighted by molar-refractivity contribution is 5.77. The normalized spacial score (nSPS) is 15.2. The Morgan fingerprint density at radius 1 is 1.25 bits per heavy atom. The molecule has 1 N–H and O–H groups in total. The standard InChI is InChI=1S/C19H28N2O3/c1-3-19(23)21-12-10-16(11-13-21)20-18(22)9-6-14-24-17-8-5-4-7-15(17)2/h4-5,7-8,16H,3,6,9-14H2,1-2H3,(H,20,22). The smallest absolute Gasteiger partial charge is 0.222 e. The minimum atomic E-state index is 0.0728. The van der Waals surface area contributed by atoms with Crippen molar-refractivity contribution in [1.29, 1.82) is 0 Å². The van der Waals surface area contributed by atoms with Crippen LogP contribution in [-0.2, 0) is 9.59 Å². The Kier molecular flexibility index (Phi) is 7.09. The lowest BCUT2D eigenvalue weighted by atomic mass is 10.0. The first-order valence-corrected chi connectivity index (χ1v) is 8.85. The zero-order valence-electron chi connectivity index (χ0n) is 14.7. The molecule has 132 valence electrons. The Hall–Kier alpha value is -2.04. The summed E-state index contributed by atoms with van der Waals surface area (Å²) >= 11 is 0. The molecule has 0 unspecified atom stereocenters. The average Bonchev–Trinajstić information content (AvgIpc) is 2.60. The molecule has 0 radical (unpaired) electrons. The predicted octanol–water partition coefficient (Wildman–Crippen LogP) is 2.67. The van der Waals surface area contributed by atoms with Crippen LogP contribution in [0.3, 0.4) is 0 Å². The Morgan fingerprint density at radius 2 is 1.96 bits per heavy atom. The summed E-state index contributed by atoms with van der Waals surface area (Å²) < 4.78 is 5.71. The van der Waals surface area contributed by atoms with Gasteiger partial charge in [-0.2, -0.15) is 0 Å². The van der Waals surface area contributed by atoms with Gasteiger partial charge in [0.15, 0.2) is 0 Å².